The molecule has 0 fully saturated rings. The van der Waals surface area contributed by atoms with E-state index in [9.17, 15) is 9.50 Å². The summed E-state index contributed by atoms with van der Waals surface area (Å²) in [6, 6.07) is 14.1. The normalized spacial score (nSPS) is 13.9. The molecule has 0 radical (unpaired) electrons. The van der Waals surface area contributed by atoms with E-state index in [1.165, 1.54) is 12.1 Å². The standard InChI is InChI=1S/C18H18FNO2S/c1-12(20-15(11-21)16-3-2-10-22-16)17-8-9-18(23-17)13-4-6-14(19)7-5-13/h2-10,12,15,20-21H,11H2,1H3. The van der Waals surface area contributed by atoms with Crippen molar-refractivity contribution in [1.82, 2.24) is 5.32 Å². The minimum Gasteiger partial charge on any atom is -0.468 e. The Hall–Kier alpha value is -1.95. The molecule has 3 rings (SSSR count). The van der Waals surface area contributed by atoms with Crippen molar-refractivity contribution in [2.24, 2.45) is 0 Å². The third kappa shape index (κ3) is 3.69. The van der Waals surface area contributed by atoms with E-state index in [4.69, 9.17) is 4.42 Å². The van der Waals surface area contributed by atoms with E-state index in [1.807, 2.05) is 25.1 Å². The second-order valence-corrected chi connectivity index (χ2v) is 6.46. The molecule has 120 valence electrons. The summed E-state index contributed by atoms with van der Waals surface area (Å²) in [5.74, 6) is 0.486. The van der Waals surface area contributed by atoms with Crippen molar-refractivity contribution in [1.29, 1.82) is 0 Å². The maximum Gasteiger partial charge on any atom is 0.123 e. The van der Waals surface area contributed by atoms with Crippen molar-refractivity contribution in [3.05, 3.63) is 71.2 Å². The van der Waals surface area contributed by atoms with Gasteiger partial charge in [0.2, 0.25) is 0 Å². The van der Waals surface area contributed by atoms with Gasteiger partial charge in [0.15, 0.2) is 0 Å². The molecular formula is C18H18FNO2S. The zero-order chi connectivity index (χ0) is 16.2. The first-order valence-corrected chi connectivity index (χ1v) is 8.25. The van der Waals surface area contributed by atoms with Gasteiger partial charge in [0.05, 0.1) is 18.9 Å². The predicted molar refractivity (Wildman–Crippen MR) is 89.8 cm³/mol. The van der Waals surface area contributed by atoms with Gasteiger partial charge in [0, 0.05) is 15.8 Å². The highest BCUT2D eigenvalue weighted by atomic mass is 32.1. The minimum absolute atomic E-state index is 0.0337. The summed E-state index contributed by atoms with van der Waals surface area (Å²) in [5, 5.41) is 12.9. The number of hydrogen-bond donors (Lipinski definition) is 2. The number of halogens is 1. The second-order valence-electron chi connectivity index (χ2n) is 5.35. The Bertz CT molecular complexity index is 737. The summed E-state index contributed by atoms with van der Waals surface area (Å²) in [6.07, 6.45) is 1.60. The van der Waals surface area contributed by atoms with Crippen LogP contribution in [0, 0.1) is 5.82 Å². The van der Waals surface area contributed by atoms with Crippen LogP contribution in [0.25, 0.3) is 10.4 Å². The molecule has 2 aromatic heterocycles. The van der Waals surface area contributed by atoms with Crippen LogP contribution in [0.2, 0.25) is 0 Å². The van der Waals surface area contributed by atoms with Crippen LogP contribution >= 0.6 is 11.3 Å². The van der Waals surface area contributed by atoms with Crippen molar-refractivity contribution >= 4 is 11.3 Å². The summed E-state index contributed by atoms with van der Waals surface area (Å²) in [6.45, 7) is 2.01. The zero-order valence-electron chi connectivity index (χ0n) is 12.7. The second kappa shape index (κ2) is 7.08. The Kier molecular flexibility index (Phi) is 4.91. The quantitative estimate of drug-likeness (QED) is 0.697. The molecule has 0 aliphatic carbocycles. The lowest BCUT2D eigenvalue weighted by molar-refractivity contribution is 0.217. The molecule has 2 unspecified atom stereocenters. The first-order chi connectivity index (χ1) is 11.2. The molecule has 2 heterocycles. The van der Waals surface area contributed by atoms with Gasteiger partial charge in [-0.15, -0.1) is 11.3 Å². The molecule has 3 aromatic rings. The van der Waals surface area contributed by atoms with E-state index in [2.05, 4.69) is 11.4 Å². The Morgan fingerprint density at radius 1 is 1.17 bits per heavy atom. The van der Waals surface area contributed by atoms with Gasteiger partial charge < -0.3 is 9.52 Å². The lowest BCUT2D eigenvalue weighted by Gasteiger charge is -2.19. The number of aliphatic hydroxyl groups is 1. The van der Waals surface area contributed by atoms with Gasteiger partial charge in [0.1, 0.15) is 11.6 Å². The highest BCUT2D eigenvalue weighted by Crippen LogP contribution is 2.32. The summed E-state index contributed by atoms with van der Waals surface area (Å²) >= 11 is 1.65. The summed E-state index contributed by atoms with van der Waals surface area (Å²) < 4.78 is 18.4. The average Bonchev–Trinajstić information content (AvgIpc) is 3.24. The molecular weight excluding hydrogens is 313 g/mol. The molecule has 0 amide bonds. The number of hydrogen-bond acceptors (Lipinski definition) is 4. The molecule has 1 aromatic carbocycles. The van der Waals surface area contributed by atoms with Crippen LogP contribution in [0.5, 0.6) is 0 Å². The topological polar surface area (TPSA) is 45.4 Å². The Morgan fingerprint density at radius 3 is 2.61 bits per heavy atom. The van der Waals surface area contributed by atoms with Crippen LogP contribution in [0.4, 0.5) is 4.39 Å². The monoisotopic (exact) mass is 331 g/mol. The molecule has 0 saturated heterocycles. The number of furan rings is 1. The Balaban J connectivity index is 1.73. The van der Waals surface area contributed by atoms with E-state index in [0.717, 1.165) is 21.1 Å². The first-order valence-electron chi connectivity index (χ1n) is 7.43. The van der Waals surface area contributed by atoms with Crippen LogP contribution in [-0.2, 0) is 0 Å². The molecule has 0 aliphatic rings. The van der Waals surface area contributed by atoms with Crippen molar-refractivity contribution in [3.8, 4) is 10.4 Å². The number of thiophene rings is 1. The van der Waals surface area contributed by atoms with Crippen molar-refractivity contribution < 1.29 is 13.9 Å². The fourth-order valence-corrected chi connectivity index (χ4v) is 3.48. The number of rotatable bonds is 6. The smallest absolute Gasteiger partial charge is 0.123 e. The molecule has 5 heteroatoms. The number of nitrogens with one attached hydrogen (secondary N) is 1. The fourth-order valence-electron chi connectivity index (χ4n) is 2.45. The maximum atomic E-state index is 13.0. The van der Waals surface area contributed by atoms with Gasteiger partial charge >= 0.3 is 0 Å². The molecule has 0 bridgehead atoms. The van der Waals surface area contributed by atoms with Crippen LogP contribution < -0.4 is 5.32 Å². The third-order valence-electron chi connectivity index (χ3n) is 3.70. The molecule has 23 heavy (non-hydrogen) atoms. The van der Waals surface area contributed by atoms with Crippen molar-refractivity contribution in [2.75, 3.05) is 6.61 Å². The van der Waals surface area contributed by atoms with E-state index in [-0.39, 0.29) is 24.5 Å². The van der Waals surface area contributed by atoms with Gasteiger partial charge in [0.25, 0.3) is 0 Å². The van der Waals surface area contributed by atoms with E-state index >= 15 is 0 Å². The lowest BCUT2D eigenvalue weighted by atomic mass is 10.1. The largest absolute Gasteiger partial charge is 0.468 e. The first kappa shape index (κ1) is 15.9. The van der Waals surface area contributed by atoms with Gasteiger partial charge in [-0.1, -0.05) is 12.1 Å². The van der Waals surface area contributed by atoms with Crippen LogP contribution in [0.15, 0.2) is 59.2 Å². The molecule has 2 N–H and O–H groups in total. The number of aliphatic hydroxyl groups excluding tert-OH is 1. The summed E-state index contributed by atoms with van der Waals surface area (Å²) in [7, 11) is 0. The van der Waals surface area contributed by atoms with Gasteiger partial charge in [-0.3, -0.25) is 5.32 Å². The minimum atomic E-state index is -0.239. The fraction of sp³-hybridized carbons (Fsp3) is 0.222. The molecule has 3 nitrogen and oxygen atoms in total. The highest BCUT2D eigenvalue weighted by molar-refractivity contribution is 7.15. The van der Waals surface area contributed by atoms with Gasteiger partial charge in [-0.2, -0.15) is 0 Å². The van der Waals surface area contributed by atoms with Crippen LogP contribution in [-0.4, -0.2) is 11.7 Å². The lowest BCUT2D eigenvalue weighted by Crippen LogP contribution is -2.26. The Labute approximate surface area is 138 Å². The maximum absolute atomic E-state index is 13.0. The SMILES string of the molecule is CC(NC(CO)c1ccco1)c1ccc(-c2ccc(F)cc2)s1. The molecule has 0 aliphatic heterocycles. The molecule has 2 atom stereocenters. The van der Waals surface area contributed by atoms with Crippen molar-refractivity contribution in [2.45, 2.75) is 19.0 Å². The number of benzene rings is 1. The predicted octanol–water partition coefficient (Wildman–Crippen LogP) is 4.53. The summed E-state index contributed by atoms with van der Waals surface area (Å²) in [5.41, 5.74) is 1.000. The van der Waals surface area contributed by atoms with E-state index < -0.39 is 0 Å². The van der Waals surface area contributed by atoms with Crippen LogP contribution in [0.3, 0.4) is 0 Å². The van der Waals surface area contributed by atoms with E-state index in [1.54, 1.807) is 29.7 Å². The van der Waals surface area contributed by atoms with Crippen LogP contribution in [0.1, 0.15) is 29.6 Å². The third-order valence-corrected chi connectivity index (χ3v) is 5.02. The molecule has 0 saturated carbocycles. The highest BCUT2D eigenvalue weighted by Gasteiger charge is 2.18. The Morgan fingerprint density at radius 2 is 1.96 bits per heavy atom. The zero-order valence-corrected chi connectivity index (χ0v) is 13.5. The average molecular weight is 331 g/mol. The van der Waals surface area contributed by atoms with E-state index in [0.29, 0.717) is 0 Å². The van der Waals surface area contributed by atoms with Gasteiger partial charge in [-0.25, -0.2) is 4.39 Å². The summed E-state index contributed by atoms with van der Waals surface area (Å²) in [4.78, 5) is 2.24. The van der Waals surface area contributed by atoms with Crippen molar-refractivity contribution in [3.63, 3.8) is 0 Å². The molecule has 0 spiro atoms. The van der Waals surface area contributed by atoms with Gasteiger partial charge in [-0.05, 0) is 48.9 Å².